The molecule has 182 valence electrons. The van der Waals surface area contributed by atoms with Crippen molar-refractivity contribution < 1.29 is 8.78 Å². The van der Waals surface area contributed by atoms with Crippen LogP contribution in [0.15, 0.2) is 42.7 Å². The second-order valence-corrected chi connectivity index (χ2v) is 10.6. The first-order valence-corrected chi connectivity index (χ1v) is 12.8. The van der Waals surface area contributed by atoms with Gasteiger partial charge in [0.1, 0.15) is 0 Å². The molecule has 0 amide bonds. The molecule has 2 fully saturated rings. The summed E-state index contributed by atoms with van der Waals surface area (Å²) < 4.78 is 29.3. The molecule has 8 heteroatoms. The third-order valence-electron chi connectivity index (χ3n) is 7.58. The molecule has 1 aliphatic carbocycles. The van der Waals surface area contributed by atoms with E-state index >= 15 is 0 Å². The minimum absolute atomic E-state index is 0.00344. The van der Waals surface area contributed by atoms with Gasteiger partial charge in [-0.1, -0.05) is 29.3 Å². The molecule has 3 aromatic rings. The summed E-state index contributed by atoms with van der Waals surface area (Å²) in [6.07, 6.45) is 3.09. The first-order valence-electron chi connectivity index (χ1n) is 12.0. The Morgan fingerprint density at radius 1 is 1.06 bits per heavy atom. The summed E-state index contributed by atoms with van der Waals surface area (Å²) >= 11 is 12.6. The molecule has 0 radical (unpaired) electrons. The number of piperazine rings is 1. The summed E-state index contributed by atoms with van der Waals surface area (Å²) in [4.78, 5) is 9.45. The number of fused-ring (bicyclic) bond motifs is 1. The molecule has 1 aromatic heterocycles. The number of aromatic nitrogens is 2. The topological polar surface area (TPSA) is 24.3 Å². The van der Waals surface area contributed by atoms with E-state index in [1.54, 1.807) is 6.07 Å². The number of hydrogen-bond acceptors (Lipinski definition) is 3. The SMILES string of the molecule is C[C@H](c1ccc(Cl)cc1Cl)n1cnc2ccc(N3CCN(C4CCC(F)(F)CC4)C[C@@H]3C)cc21. The van der Waals surface area contributed by atoms with Gasteiger partial charge in [0.15, 0.2) is 0 Å². The molecule has 2 atom stereocenters. The molecule has 1 saturated heterocycles. The van der Waals surface area contributed by atoms with Crippen LogP contribution in [0, 0.1) is 0 Å². The summed E-state index contributed by atoms with van der Waals surface area (Å²) in [6.45, 7) is 7.00. The van der Waals surface area contributed by atoms with Gasteiger partial charge in [0, 0.05) is 60.3 Å². The van der Waals surface area contributed by atoms with Crippen molar-refractivity contribution >= 4 is 39.9 Å². The third kappa shape index (κ3) is 4.65. The number of nitrogens with zero attached hydrogens (tertiary/aromatic N) is 4. The molecule has 4 nitrogen and oxygen atoms in total. The Morgan fingerprint density at radius 2 is 1.82 bits per heavy atom. The van der Waals surface area contributed by atoms with E-state index in [9.17, 15) is 8.78 Å². The van der Waals surface area contributed by atoms with Gasteiger partial charge >= 0.3 is 0 Å². The molecule has 0 spiro atoms. The number of rotatable bonds is 4. The second kappa shape index (κ2) is 9.29. The predicted molar refractivity (Wildman–Crippen MR) is 136 cm³/mol. The Balaban J connectivity index is 1.35. The first-order chi connectivity index (χ1) is 16.2. The highest BCUT2D eigenvalue weighted by atomic mass is 35.5. The van der Waals surface area contributed by atoms with E-state index in [0.29, 0.717) is 28.9 Å². The number of hydrogen-bond donors (Lipinski definition) is 0. The van der Waals surface area contributed by atoms with Crippen molar-refractivity contribution in [2.75, 3.05) is 24.5 Å². The van der Waals surface area contributed by atoms with Crippen molar-refractivity contribution in [3.8, 4) is 0 Å². The van der Waals surface area contributed by atoms with Crippen LogP contribution in [0.25, 0.3) is 11.0 Å². The molecule has 34 heavy (non-hydrogen) atoms. The van der Waals surface area contributed by atoms with Crippen LogP contribution in [0.3, 0.4) is 0 Å². The largest absolute Gasteiger partial charge is 0.366 e. The van der Waals surface area contributed by atoms with Crippen LogP contribution >= 0.6 is 23.2 Å². The van der Waals surface area contributed by atoms with Gasteiger partial charge < -0.3 is 9.47 Å². The summed E-state index contributed by atoms with van der Waals surface area (Å²) in [5.74, 6) is -2.48. The predicted octanol–water partition coefficient (Wildman–Crippen LogP) is 7.04. The Morgan fingerprint density at radius 3 is 2.53 bits per heavy atom. The second-order valence-electron chi connectivity index (χ2n) is 9.79. The van der Waals surface area contributed by atoms with E-state index in [1.165, 1.54) is 0 Å². The average Bonchev–Trinajstić information content (AvgIpc) is 3.22. The molecular formula is C26H30Cl2F2N4. The molecule has 2 aromatic carbocycles. The molecule has 2 heterocycles. The minimum Gasteiger partial charge on any atom is -0.366 e. The van der Waals surface area contributed by atoms with E-state index < -0.39 is 5.92 Å². The zero-order chi connectivity index (χ0) is 24.0. The average molecular weight is 507 g/mol. The quantitative estimate of drug-likeness (QED) is 0.379. The molecular weight excluding hydrogens is 477 g/mol. The zero-order valence-electron chi connectivity index (χ0n) is 19.5. The van der Waals surface area contributed by atoms with E-state index in [0.717, 1.165) is 41.9 Å². The maximum atomic E-state index is 13.6. The Bertz CT molecular complexity index is 1170. The van der Waals surface area contributed by atoms with Crippen molar-refractivity contribution in [1.29, 1.82) is 0 Å². The lowest BCUT2D eigenvalue weighted by Crippen LogP contribution is -2.56. The lowest BCUT2D eigenvalue weighted by Gasteiger charge is -2.46. The van der Waals surface area contributed by atoms with Gasteiger partial charge in [0.25, 0.3) is 0 Å². The Hall–Kier alpha value is -1.89. The number of halogens is 4. The number of imidazole rings is 1. The van der Waals surface area contributed by atoms with Crippen LogP contribution in [-0.4, -0.2) is 52.1 Å². The van der Waals surface area contributed by atoms with E-state index in [2.05, 4.69) is 51.4 Å². The van der Waals surface area contributed by atoms with Crippen LogP contribution in [0.2, 0.25) is 10.0 Å². The van der Waals surface area contributed by atoms with Crippen LogP contribution in [0.4, 0.5) is 14.5 Å². The van der Waals surface area contributed by atoms with Crippen molar-refractivity contribution in [2.24, 2.45) is 0 Å². The van der Waals surface area contributed by atoms with Crippen LogP contribution < -0.4 is 4.90 Å². The van der Waals surface area contributed by atoms with Crippen molar-refractivity contribution in [3.05, 3.63) is 58.3 Å². The lowest BCUT2D eigenvalue weighted by molar-refractivity contribution is -0.0551. The van der Waals surface area contributed by atoms with Crippen molar-refractivity contribution in [3.63, 3.8) is 0 Å². The van der Waals surface area contributed by atoms with Gasteiger partial charge in [0.05, 0.1) is 23.4 Å². The highest BCUT2D eigenvalue weighted by Gasteiger charge is 2.38. The summed E-state index contributed by atoms with van der Waals surface area (Å²) in [5.41, 5.74) is 4.15. The van der Waals surface area contributed by atoms with Crippen molar-refractivity contribution in [1.82, 2.24) is 14.5 Å². The zero-order valence-corrected chi connectivity index (χ0v) is 21.0. The van der Waals surface area contributed by atoms with Gasteiger partial charge in [-0.05, 0) is 62.6 Å². The van der Waals surface area contributed by atoms with Gasteiger partial charge in [-0.3, -0.25) is 4.90 Å². The fourth-order valence-electron chi connectivity index (χ4n) is 5.58. The normalized spacial score (nSPS) is 22.9. The van der Waals surface area contributed by atoms with E-state index in [-0.39, 0.29) is 24.9 Å². The monoisotopic (exact) mass is 506 g/mol. The molecule has 0 N–H and O–H groups in total. The summed E-state index contributed by atoms with van der Waals surface area (Å²) in [6, 6.07) is 12.6. The van der Waals surface area contributed by atoms with Gasteiger partial charge in [-0.2, -0.15) is 0 Å². The maximum absolute atomic E-state index is 13.6. The number of benzene rings is 2. The summed E-state index contributed by atoms with van der Waals surface area (Å²) in [7, 11) is 0. The molecule has 1 aliphatic heterocycles. The minimum atomic E-state index is -2.48. The van der Waals surface area contributed by atoms with Crippen LogP contribution in [0.1, 0.15) is 51.1 Å². The Labute approximate surface area is 209 Å². The van der Waals surface area contributed by atoms with E-state index in [1.807, 2.05) is 18.5 Å². The Kier molecular flexibility index (Phi) is 6.51. The van der Waals surface area contributed by atoms with Crippen LogP contribution in [0.5, 0.6) is 0 Å². The number of alkyl halides is 2. The highest BCUT2D eigenvalue weighted by molar-refractivity contribution is 6.35. The van der Waals surface area contributed by atoms with Gasteiger partial charge in [-0.15, -0.1) is 0 Å². The summed E-state index contributed by atoms with van der Waals surface area (Å²) in [5, 5.41) is 1.26. The first kappa shape index (κ1) is 23.8. The van der Waals surface area contributed by atoms with E-state index in [4.69, 9.17) is 23.2 Å². The van der Waals surface area contributed by atoms with Crippen molar-refractivity contribution in [2.45, 2.75) is 63.6 Å². The fraction of sp³-hybridized carbons (Fsp3) is 0.500. The lowest BCUT2D eigenvalue weighted by atomic mass is 9.90. The smallest absolute Gasteiger partial charge is 0.248 e. The van der Waals surface area contributed by atoms with Gasteiger partial charge in [-0.25, -0.2) is 13.8 Å². The fourth-order valence-corrected chi connectivity index (χ4v) is 6.15. The number of anilines is 1. The molecule has 0 bridgehead atoms. The molecule has 2 aliphatic rings. The third-order valence-corrected chi connectivity index (χ3v) is 8.14. The molecule has 0 unspecified atom stereocenters. The molecule has 1 saturated carbocycles. The molecule has 5 rings (SSSR count). The van der Waals surface area contributed by atoms with Crippen LogP contribution in [-0.2, 0) is 0 Å². The van der Waals surface area contributed by atoms with Gasteiger partial charge in [0.2, 0.25) is 5.92 Å². The standard InChI is InChI=1S/C26H30Cl2F2N4/c1-17-15-32(20-7-9-26(29,30)10-8-20)11-12-33(17)21-4-6-24-25(14-21)34(16-31-24)18(2)22-5-3-19(27)13-23(22)28/h3-6,13-14,16-18,20H,7-12,15H2,1-2H3/t17-,18+/m0/s1. The maximum Gasteiger partial charge on any atom is 0.248 e. The highest BCUT2D eigenvalue weighted by Crippen LogP contribution is 2.37.